The van der Waals surface area contributed by atoms with Crippen LogP contribution in [0.4, 0.5) is 0 Å². The number of aliphatic hydroxyl groups excluding tert-OH is 5. The minimum atomic E-state index is -0.167. The highest BCUT2D eigenvalue weighted by molar-refractivity contribution is 4.60. The van der Waals surface area contributed by atoms with Gasteiger partial charge >= 0.3 is 0 Å². The van der Waals surface area contributed by atoms with Crippen molar-refractivity contribution in [3.8, 4) is 0 Å². The first kappa shape index (κ1) is 30.5. The molecule has 0 saturated heterocycles. The number of aliphatic hydroxyl groups is 5. The summed E-state index contributed by atoms with van der Waals surface area (Å²) in [5, 5.41) is 38.3. The van der Waals surface area contributed by atoms with E-state index in [1.54, 1.807) is 27.9 Å². The molecule has 18 heavy (non-hydrogen) atoms. The van der Waals surface area contributed by atoms with Gasteiger partial charge in [-0.25, -0.2) is 0 Å². The van der Waals surface area contributed by atoms with Crippen LogP contribution >= 0.6 is 0 Å². The van der Waals surface area contributed by atoms with Crippen molar-refractivity contribution in [3.63, 3.8) is 0 Å². The summed E-state index contributed by atoms with van der Waals surface area (Å²) >= 11 is 0. The standard InChI is InChI=1S/C3H8O2.C3H8O.C3H6O.C2H6O.CH4O/c1-5-3-2-4;1-3(2)4;1-2-3-4;1-2-3;1-2/h4H,2-3H2,1H3;3-4H,1-2H3;2,4H,1,3H2;3H,2H2,1H3;2H,1H3. The second kappa shape index (κ2) is 54.9. The molecule has 0 fully saturated rings. The van der Waals surface area contributed by atoms with Crippen molar-refractivity contribution in [2.75, 3.05) is 40.6 Å². The quantitative estimate of drug-likeness (QED) is 0.454. The second-order valence-corrected chi connectivity index (χ2v) is 2.60. The molecule has 0 aliphatic heterocycles. The minimum absolute atomic E-state index is 0.0833. The predicted molar refractivity (Wildman–Crippen MR) is 74.5 cm³/mol. The van der Waals surface area contributed by atoms with Gasteiger partial charge in [-0.2, -0.15) is 0 Å². The topological polar surface area (TPSA) is 110 Å². The van der Waals surface area contributed by atoms with E-state index >= 15 is 0 Å². The molecule has 0 aromatic carbocycles. The first-order chi connectivity index (χ1) is 8.47. The summed E-state index contributed by atoms with van der Waals surface area (Å²) in [5.74, 6) is 0. The lowest BCUT2D eigenvalue weighted by Gasteiger charge is -1.84. The van der Waals surface area contributed by atoms with Gasteiger partial charge in [0.05, 0.1) is 19.8 Å². The Morgan fingerprint density at radius 2 is 1.39 bits per heavy atom. The molecule has 0 spiro atoms. The van der Waals surface area contributed by atoms with Gasteiger partial charge in [0.15, 0.2) is 0 Å². The molecular weight excluding hydrogens is 240 g/mol. The van der Waals surface area contributed by atoms with E-state index in [1.807, 2.05) is 0 Å². The molecule has 0 radical (unpaired) electrons. The van der Waals surface area contributed by atoms with E-state index in [1.165, 1.54) is 6.08 Å². The molecule has 0 atom stereocenters. The van der Waals surface area contributed by atoms with Crippen LogP contribution in [0, 0.1) is 0 Å². The van der Waals surface area contributed by atoms with E-state index < -0.39 is 0 Å². The smallest absolute Gasteiger partial charge is 0.0693 e. The molecule has 0 heterocycles. The number of ether oxygens (including phenoxy) is 1. The van der Waals surface area contributed by atoms with Crippen LogP contribution < -0.4 is 0 Å². The molecule has 0 rings (SSSR count). The van der Waals surface area contributed by atoms with E-state index in [0.29, 0.717) is 6.61 Å². The second-order valence-electron chi connectivity index (χ2n) is 2.60. The average molecular weight is 272 g/mol. The highest BCUT2D eigenvalue weighted by Crippen LogP contribution is 1.65. The molecule has 0 aromatic rings. The first-order valence-corrected chi connectivity index (χ1v) is 5.53. The van der Waals surface area contributed by atoms with Gasteiger partial charge in [-0.05, 0) is 20.8 Å². The first-order valence-electron chi connectivity index (χ1n) is 5.53. The van der Waals surface area contributed by atoms with Crippen LogP contribution in [-0.4, -0.2) is 72.3 Å². The zero-order chi connectivity index (χ0) is 15.8. The number of methoxy groups -OCH3 is 1. The van der Waals surface area contributed by atoms with E-state index in [2.05, 4.69) is 11.3 Å². The third kappa shape index (κ3) is 521. The van der Waals surface area contributed by atoms with Crippen molar-refractivity contribution in [3.05, 3.63) is 12.7 Å². The SMILES string of the molecule is C=CCO.CC(C)O.CCO.CO.COCCO. The molecule has 0 amide bonds. The molecule has 0 aromatic heterocycles. The Balaban J connectivity index is -0.0000000404. The zero-order valence-corrected chi connectivity index (χ0v) is 12.3. The number of hydrogen-bond donors (Lipinski definition) is 5. The van der Waals surface area contributed by atoms with Crippen LogP contribution in [0.1, 0.15) is 20.8 Å². The number of rotatable bonds is 3. The Kier molecular flexibility index (Phi) is 92.9. The Morgan fingerprint density at radius 3 is 1.39 bits per heavy atom. The van der Waals surface area contributed by atoms with Crippen LogP contribution in [0.25, 0.3) is 0 Å². The molecule has 6 heteroatoms. The van der Waals surface area contributed by atoms with Crippen LogP contribution in [-0.2, 0) is 4.74 Å². The monoisotopic (exact) mass is 272 g/mol. The third-order valence-corrected chi connectivity index (χ3v) is 0.425. The zero-order valence-electron chi connectivity index (χ0n) is 12.3. The average Bonchev–Trinajstić information content (AvgIpc) is 2.33. The molecular formula is C12H32O6. The molecule has 0 aliphatic carbocycles. The van der Waals surface area contributed by atoms with Crippen molar-refractivity contribution >= 4 is 0 Å². The fourth-order valence-electron chi connectivity index (χ4n) is 0.0913. The summed E-state index contributed by atoms with van der Waals surface area (Å²) in [7, 11) is 2.55. The minimum Gasteiger partial charge on any atom is -0.400 e. The largest absolute Gasteiger partial charge is 0.400 e. The van der Waals surface area contributed by atoms with Gasteiger partial charge in [0, 0.05) is 26.9 Å². The lowest BCUT2D eigenvalue weighted by molar-refractivity contribution is 0.135. The van der Waals surface area contributed by atoms with Crippen molar-refractivity contribution in [1.82, 2.24) is 0 Å². The molecule has 0 aliphatic rings. The van der Waals surface area contributed by atoms with Gasteiger partial charge in [0.2, 0.25) is 0 Å². The van der Waals surface area contributed by atoms with Gasteiger partial charge in [-0.15, -0.1) is 6.58 Å². The van der Waals surface area contributed by atoms with Crippen LogP contribution in [0.15, 0.2) is 12.7 Å². The van der Waals surface area contributed by atoms with Crippen molar-refractivity contribution in [2.45, 2.75) is 26.9 Å². The fraction of sp³-hybridized carbons (Fsp3) is 0.833. The van der Waals surface area contributed by atoms with Gasteiger partial charge < -0.3 is 30.3 Å². The summed E-state index contributed by atoms with van der Waals surface area (Å²) < 4.78 is 4.44. The lowest BCUT2D eigenvalue weighted by Crippen LogP contribution is -1.91. The van der Waals surface area contributed by atoms with Crippen molar-refractivity contribution < 1.29 is 30.3 Å². The van der Waals surface area contributed by atoms with Crippen LogP contribution in [0.3, 0.4) is 0 Å². The summed E-state index contributed by atoms with van der Waals surface area (Å²) in [4.78, 5) is 0. The highest BCUT2D eigenvalue weighted by Gasteiger charge is 1.69. The molecule has 6 nitrogen and oxygen atoms in total. The summed E-state index contributed by atoms with van der Waals surface area (Å²) in [5.41, 5.74) is 0. The van der Waals surface area contributed by atoms with Gasteiger partial charge in [0.25, 0.3) is 0 Å². The van der Waals surface area contributed by atoms with E-state index in [0.717, 1.165) is 7.11 Å². The van der Waals surface area contributed by atoms with Gasteiger partial charge in [-0.1, -0.05) is 6.08 Å². The Labute approximate surface area is 111 Å². The Hall–Kier alpha value is -0.500. The van der Waals surface area contributed by atoms with E-state index in [4.69, 9.17) is 25.5 Å². The van der Waals surface area contributed by atoms with Crippen molar-refractivity contribution in [1.29, 1.82) is 0 Å². The van der Waals surface area contributed by atoms with Gasteiger partial charge in [-0.3, -0.25) is 0 Å². The molecule has 5 N–H and O–H groups in total. The predicted octanol–water partition coefficient (Wildman–Crippen LogP) is -0.216. The maximum atomic E-state index is 8.06. The lowest BCUT2D eigenvalue weighted by atomic mass is 10.5. The normalized spacial score (nSPS) is 7.06. The van der Waals surface area contributed by atoms with Crippen LogP contribution in [0.5, 0.6) is 0 Å². The molecule has 0 bridgehead atoms. The maximum absolute atomic E-state index is 8.06. The van der Waals surface area contributed by atoms with Crippen LogP contribution in [0.2, 0.25) is 0 Å². The number of hydrogen-bond acceptors (Lipinski definition) is 6. The van der Waals surface area contributed by atoms with E-state index in [-0.39, 0.29) is 25.9 Å². The summed E-state index contributed by atoms with van der Waals surface area (Å²) in [6.07, 6.45) is 1.26. The van der Waals surface area contributed by atoms with E-state index in [9.17, 15) is 0 Å². The third-order valence-electron chi connectivity index (χ3n) is 0.425. The highest BCUT2D eigenvalue weighted by atomic mass is 16.5. The molecule has 0 saturated carbocycles. The maximum Gasteiger partial charge on any atom is 0.0693 e. The van der Waals surface area contributed by atoms with Gasteiger partial charge in [0.1, 0.15) is 0 Å². The van der Waals surface area contributed by atoms with Crippen molar-refractivity contribution in [2.24, 2.45) is 0 Å². The molecule has 0 unspecified atom stereocenters. The Morgan fingerprint density at radius 1 is 1.17 bits per heavy atom. The Bertz CT molecular complexity index is 83.9. The fourth-order valence-corrected chi connectivity index (χ4v) is 0.0913. The summed E-state index contributed by atoms with van der Waals surface area (Å²) in [6, 6.07) is 0. The summed E-state index contributed by atoms with van der Waals surface area (Å²) in [6.45, 7) is 9.25. The molecule has 116 valence electrons.